The fourth-order valence-electron chi connectivity index (χ4n) is 2.86. The van der Waals surface area contributed by atoms with Gasteiger partial charge in [0.2, 0.25) is 5.91 Å². The van der Waals surface area contributed by atoms with Gasteiger partial charge in [-0.15, -0.1) is 0 Å². The Labute approximate surface area is 122 Å². The predicted molar refractivity (Wildman–Crippen MR) is 82.5 cm³/mol. The molecular formula is C17H26N2O. The van der Waals surface area contributed by atoms with E-state index in [1.165, 1.54) is 24.8 Å². The van der Waals surface area contributed by atoms with Gasteiger partial charge in [-0.2, -0.15) is 0 Å². The average molecular weight is 274 g/mol. The molecule has 1 saturated carbocycles. The first-order valence-corrected chi connectivity index (χ1v) is 7.78. The van der Waals surface area contributed by atoms with Gasteiger partial charge in [0.15, 0.2) is 0 Å². The van der Waals surface area contributed by atoms with Gasteiger partial charge in [0.25, 0.3) is 0 Å². The standard InChI is InChI=1S/C17H26N2O/c1-13(15-9-5-3-6-10-15)18-14(2)17(20)19-16-11-7-4-8-12-16/h3,5-6,9-10,13-14,16,18H,4,7-8,11-12H2,1-2H3,(H,19,20). The van der Waals surface area contributed by atoms with Crippen molar-refractivity contribution in [3.8, 4) is 0 Å². The zero-order valence-corrected chi connectivity index (χ0v) is 12.6. The van der Waals surface area contributed by atoms with E-state index in [2.05, 4.69) is 29.7 Å². The van der Waals surface area contributed by atoms with Gasteiger partial charge >= 0.3 is 0 Å². The van der Waals surface area contributed by atoms with E-state index in [9.17, 15) is 4.79 Å². The number of amides is 1. The molecule has 20 heavy (non-hydrogen) atoms. The SMILES string of the molecule is CC(NC(C)c1ccccc1)C(=O)NC1CCCCC1. The van der Waals surface area contributed by atoms with E-state index in [0.29, 0.717) is 6.04 Å². The van der Waals surface area contributed by atoms with Crippen LogP contribution in [0.5, 0.6) is 0 Å². The van der Waals surface area contributed by atoms with Crippen LogP contribution in [-0.4, -0.2) is 18.0 Å². The minimum atomic E-state index is -0.160. The molecule has 1 aliphatic rings. The number of benzene rings is 1. The van der Waals surface area contributed by atoms with Gasteiger partial charge in [-0.3, -0.25) is 10.1 Å². The maximum absolute atomic E-state index is 12.2. The molecule has 2 N–H and O–H groups in total. The molecule has 0 radical (unpaired) electrons. The monoisotopic (exact) mass is 274 g/mol. The van der Waals surface area contributed by atoms with Crippen molar-refractivity contribution in [1.82, 2.24) is 10.6 Å². The van der Waals surface area contributed by atoms with Crippen LogP contribution in [0.1, 0.15) is 57.6 Å². The van der Waals surface area contributed by atoms with Crippen molar-refractivity contribution < 1.29 is 4.79 Å². The highest BCUT2D eigenvalue weighted by atomic mass is 16.2. The number of nitrogens with one attached hydrogen (secondary N) is 2. The molecule has 1 amide bonds. The summed E-state index contributed by atoms with van der Waals surface area (Å²) in [4.78, 5) is 12.2. The predicted octanol–water partition coefficient (Wildman–Crippen LogP) is 3.17. The molecule has 110 valence electrons. The zero-order chi connectivity index (χ0) is 14.4. The second-order valence-corrected chi connectivity index (χ2v) is 5.86. The second kappa shape index (κ2) is 7.44. The van der Waals surface area contributed by atoms with E-state index in [1.807, 2.05) is 25.1 Å². The van der Waals surface area contributed by atoms with Crippen LogP contribution >= 0.6 is 0 Å². The minimum Gasteiger partial charge on any atom is -0.352 e. The van der Waals surface area contributed by atoms with Crippen molar-refractivity contribution >= 4 is 5.91 Å². The van der Waals surface area contributed by atoms with E-state index >= 15 is 0 Å². The molecule has 3 heteroatoms. The summed E-state index contributed by atoms with van der Waals surface area (Å²) in [5.74, 6) is 0.125. The van der Waals surface area contributed by atoms with Gasteiger partial charge < -0.3 is 5.32 Å². The maximum atomic E-state index is 12.2. The first kappa shape index (κ1) is 15.0. The topological polar surface area (TPSA) is 41.1 Å². The molecule has 1 aromatic rings. The Kier molecular flexibility index (Phi) is 5.60. The maximum Gasteiger partial charge on any atom is 0.237 e. The van der Waals surface area contributed by atoms with Crippen LogP contribution in [0.4, 0.5) is 0 Å². The van der Waals surface area contributed by atoms with E-state index < -0.39 is 0 Å². The van der Waals surface area contributed by atoms with Gasteiger partial charge in [-0.25, -0.2) is 0 Å². The molecule has 0 saturated heterocycles. The van der Waals surface area contributed by atoms with Crippen molar-refractivity contribution in [3.05, 3.63) is 35.9 Å². The molecule has 0 heterocycles. The third-order valence-electron chi connectivity index (χ3n) is 4.14. The van der Waals surface area contributed by atoms with E-state index in [1.54, 1.807) is 0 Å². The third kappa shape index (κ3) is 4.34. The van der Waals surface area contributed by atoms with Crippen LogP contribution < -0.4 is 10.6 Å². The largest absolute Gasteiger partial charge is 0.352 e. The lowest BCUT2D eigenvalue weighted by Crippen LogP contribution is -2.47. The first-order chi connectivity index (χ1) is 9.66. The van der Waals surface area contributed by atoms with Crippen molar-refractivity contribution in [2.24, 2.45) is 0 Å². The summed E-state index contributed by atoms with van der Waals surface area (Å²) in [6, 6.07) is 10.6. The van der Waals surface area contributed by atoms with Crippen LogP contribution in [0.2, 0.25) is 0 Å². The molecule has 0 aliphatic heterocycles. The fourth-order valence-corrected chi connectivity index (χ4v) is 2.86. The molecule has 2 unspecified atom stereocenters. The van der Waals surface area contributed by atoms with Crippen molar-refractivity contribution in [1.29, 1.82) is 0 Å². The third-order valence-corrected chi connectivity index (χ3v) is 4.14. The second-order valence-electron chi connectivity index (χ2n) is 5.86. The van der Waals surface area contributed by atoms with Crippen LogP contribution in [0.25, 0.3) is 0 Å². The molecule has 2 atom stereocenters. The van der Waals surface area contributed by atoms with Gasteiger partial charge in [-0.05, 0) is 32.3 Å². The lowest BCUT2D eigenvalue weighted by Gasteiger charge is -2.26. The smallest absolute Gasteiger partial charge is 0.237 e. The molecule has 0 bridgehead atoms. The highest BCUT2D eigenvalue weighted by Crippen LogP contribution is 2.17. The lowest BCUT2D eigenvalue weighted by molar-refractivity contribution is -0.123. The number of rotatable bonds is 5. The first-order valence-electron chi connectivity index (χ1n) is 7.78. The van der Waals surface area contributed by atoms with Gasteiger partial charge in [0.05, 0.1) is 6.04 Å². The Bertz CT molecular complexity index is 412. The van der Waals surface area contributed by atoms with E-state index in [0.717, 1.165) is 12.8 Å². The zero-order valence-electron chi connectivity index (χ0n) is 12.6. The number of hydrogen-bond donors (Lipinski definition) is 2. The van der Waals surface area contributed by atoms with Crippen molar-refractivity contribution in [3.63, 3.8) is 0 Å². The van der Waals surface area contributed by atoms with E-state index in [4.69, 9.17) is 0 Å². The fraction of sp³-hybridized carbons (Fsp3) is 0.588. The van der Waals surface area contributed by atoms with Crippen LogP contribution in [0.3, 0.4) is 0 Å². The Morgan fingerprint density at radius 1 is 1.10 bits per heavy atom. The van der Waals surface area contributed by atoms with Crippen molar-refractivity contribution in [2.75, 3.05) is 0 Å². The summed E-state index contributed by atoms with van der Waals surface area (Å²) in [7, 11) is 0. The Balaban J connectivity index is 1.81. The summed E-state index contributed by atoms with van der Waals surface area (Å²) < 4.78 is 0. The quantitative estimate of drug-likeness (QED) is 0.866. The Morgan fingerprint density at radius 3 is 2.40 bits per heavy atom. The highest BCUT2D eigenvalue weighted by molar-refractivity contribution is 5.81. The molecule has 1 aromatic carbocycles. The number of carbonyl (C=O) groups excluding carboxylic acids is 1. The molecule has 0 spiro atoms. The summed E-state index contributed by atoms with van der Waals surface area (Å²) in [6.07, 6.45) is 6.06. The van der Waals surface area contributed by atoms with Crippen LogP contribution in [-0.2, 0) is 4.79 Å². The Morgan fingerprint density at radius 2 is 1.75 bits per heavy atom. The lowest BCUT2D eigenvalue weighted by atomic mass is 9.95. The number of hydrogen-bond acceptors (Lipinski definition) is 2. The molecular weight excluding hydrogens is 248 g/mol. The van der Waals surface area contributed by atoms with Gasteiger partial charge in [0, 0.05) is 12.1 Å². The summed E-state index contributed by atoms with van der Waals surface area (Å²) in [5, 5.41) is 6.55. The van der Waals surface area contributed by atoms with Gasteiger partial charge in [0.1, 0.15) is 0 Å². The molecule has 1 fully saturated rings. The van der Waals surface area contributed by atoms with Crippen LogP contribution in [0, 0.1) is 0 Å². The summed E-state index contributed by atoms with van der Waals surface area (Å²) >= 11 is 0. The average Bonchev–Trinajstić information content (AvgIpc) is 2.49. The van der Waals surface area contributed by atoms with Crippen molar-refractivity contribution in [2.45, 2.75) is 64.1 Å². The van der Waals surface area contributed by atoms with E-state index in [-0.39, 0.29) is 18.0 Å². The molecule has 0 aromatic heterocycles. The molecule has 3 nitrogen and oxygen atoms in total. The molecule has 1 aliphatic carbocycles. The van der Waals surface area contributed by atoms with Crippen LogP contribution in [0.15, 0.2) is 30.3 Å². The highest BCUT2D eigenvalue weighted by Gasteiger charge is 2.20. The number of carbonyl (C=O) groups is 1. The summed E-state index contributed by atoms with van der Waals surface area (Å²) in [5.41, 5.74) is 1.21. The normalized spacial score (nSPS) is 19.3. The molecule has 2 rings (SSSR count). The Hall–Kier alpha value is -1.35. The van der Waals surface area contributed by atoms with Gasteiger partial charge in [-0.1, -0.05) is 49.6 Å². The minimum absolute atomic E-state index is 0.125. The summed E-state index contributed by atoms with van der Waals surface area (Å²) in [6.45, 7) is 4.04.